The zero-order valence-electron chi connectivity index (χ0n) is 5.28. The molecule has 0 bridgehead atoms. The average molecular weight is 165 g/mol. The van der Waals surface area contributed by atoms with E-state index in [1.165, 1.54) is 0 Å². The third-order valence-electron chi connectivity index (χ3n) is 1.35. The van der Waals surface area contributed by atoms with Crippen LogP contribution in [0.3, 0.4) is 0 Å². The van der Waals surface area contributed by atoms with Gasteiger partial charge in [-0.15, -0.1) is 11.8 Å². The van der Waals surface area contributed by atoms with E-state index in [9.17, 15) is 0 Å². The third-order valence-corrected chi connectivity index (χ3v) is 2.61. The van der Waals surface area contributed by atoms with E-state index in [1.54, 1.807) is 11.8 Å². The van der Waals surface area contributed by atoms with Crippen molar-refractivity contribution in [3.05, 3.63) is 0 Å². The van der Waals surface area contributed by atoms with Gasteiger partial charge in [-0.3, -0.25) is 0 Å². The van der Waals surface area contributed by atoms with Crippen LogP contribution in [0.15, 0.2) is 0 Å². The second-order valence-electron chi connectivity index (χ2n) is 2.05. The highest BCUT2D eigenvalue weighted by Crippen LogP contribution is 2.32. The largest absolute Gasteiger partial charge is 0.356 e. The fourth-order valence-corrected chi connectivity index (χ4v) is 1.62. The molecule has 1 heterocycles. The van der Waals surface area contributed by atoms with Gasteiger partial charge in [-0.2, -0.15) is 12.6 Å². The summed E-state index contributed by atoms with van der Waals surface area (Å²) in [4.78, 5) is 0. The van der Waals surface area contributed by atoms with Gasteiger partial charge in [0.25, 0.3) is 0 Å². The maximum Gasteiger partial charge on any atom is 0.131 e. The molecule has 0 radical (unpaired) electrons. The summed E-state index contributed by atoms with van der Waals surface area (Å²) in [6, 6.07) is 0.116. The Balaban J connectivity index is 2.17. The van der Waals surface area contributed by atoms with Crippen LogP contribution in [0.4, 0.5) is 0 Å². The SMILES string of the molecule is CSC1OC1C(N)CS. The van der Waals surface area contributed by atoms with Crippen molar-refractivity contribution in [2.24, 2.45) is 5.73 Å². The van der Waals surface area contributed by atoms with E-state index in [1.807, 2.05) is 6.26 Å². The van der Waals surface area contributed by atoms with E-state index in [4.69, 9.17) is 10.5 Å². The Morgan fingerprint density at radius 1 is 1.89 bits per heavy atom. The number of nitrogens with two attached hydrogens (primary N) is 1. The minimum Gasteiger partial charge on any atom is -0.356 e. The second kappa shape index (κ2) is 3.14. The van der Waals surface area contributed by atoms with Crippen molar-refractivity contribution in [3.8, 4) is 0 Å². The van der Waals surface area contributed by atoms with Crippen LogP contribution < -0.4 is 5.73 Å². The molecule has 1 saturated heterocycles. The van der Waals surface area contributed by atoms with Gasteiger partial charge in [0.05, 0.1) is 0 Å². The topological polar surface area (TPSA) is 38.5 Å². The molecule has 2 N–H and O–H groups in total. The molecule has 54 valence electrons. The molecular weight excluding hydrogens is 154 g/mol. The number of epoxide rings is 1. The highest BCUT2D eigenvalue weighted by Gasteiger charge is 2.42. The second-order valence-corrected chi connectivity index (χ2v) is 3.35. The van der Waals surface area contributed by atoms with Crippen LogP contribution in [0.2, 0.25) is 0 Å². The van der Waals surface area contributed by atoms with Crippen molar-refractivity contribution in [2.45, 2.75) is 17.6 Å². The normalized spacial score (nSPS) is 36.3. The molecule has 0 aromatic rings. The van der Waals surface area contributed by atoms with Gasteiger partial charge in [-0.1, -0.05) is 0 Å². The van der Waals surface area contributed by atoms with Crippen molar-refractivity contribution in [1.29, 1.82) is 0 Å². The van der Waals surface area contributed by atoms with Gasteiger partial charge in [0, 0.05) is 11.8 Å². The van der Waals surface area contributed by atoms with Crippen LogP contribution in [0.25, 0.3) is 0 Å². The standard InChI is InChI=1S/C5H11NOS2/c1-9-5-4(7-5)3(6)2-8/h3-5,8H,2,6H2,1H3. The number of rotatable bonds is 3. The number of hydrogen-bond acceptors (Lipinski definition) is 4. The molecule has 0 aromatic heterocycles. The summed E-state index contributed by atoms with van der Waals surface area (Å²) in [5.41, 5.74) is 5.97. The lowest BCUT2D eigenvalue weighted by atomic mass is 10.3. The predicted molar refractivity (Wildman–Crippen MR) is 44.0 cm³/mol. The Labute approximate surface area is 64.9 Å². The smallest absolute Gasteiger partial charge is 0.131 e. The molecule has 3 unspecified atom stereocenters. The van der Waals surface area contributed by atoms with Gasteiger partial charge in [-0.25, -0.2) is 0 Å². The van der Waals surface area contributed by atoms with Crippen LogP contribution in [0.1, 0.15) is 0 Å². The maximum absolute atomic E-state index is 5.63. The monoisotopic (exact) mass is 165 g/mol. The van der Waals surface area contributed by atoms with Gasteiger partial charge in [-0.05, 0) is 6.26 Å². The summed E-state index contributed by atoms with van der Waals surface area (Å²) >= 11 is 5.77. The van der Waals surface area contributed by atoms with Crippen molar-refractivity contribution in [2.75, 3.05) is 12.0 Å². The first-order valence-electron chi connectivity index (χ1n) is 2.84. The summed E-state index contributed by atoms with van der Waals surface area (Å²) in [6.45, 7) is 0. The zero-order valence-corrected chi connectivity index (χ0v) is 6.99. The maximum atomic E-state index is 5.63. The lowest BCUT2D eigenvalue weighted by Crippen LogP contribution is -2.29. The average Bonchev–Trinajstić information content (AvgIpc) is 2.64. The molecular formula is C5H11NOS2. The quantitative estimate of drug-likeness (QED) is 0.467. The molecule has 0 amide bonds. The highest BCUT2D eigenvalue weighted by atomic mass is 32.2. The summed E-state index contributed by atoms with van der Waals surface area (Å²) < 4.78 is 5.21. The number of hydrogen-bond donors (Lipinski definition) is 2. The Kier molecular flexibility index (Phi) is 2.70. The first-order valence-corrected chi connectivity index (χ1v) is 4.76. The van der Waals surface area contributed by atoms with Crippen LogP contribution in [0.5, 0.6) is 0 Å². The van der Waals surface area contributed by atoms with Crippen LogP contribution in [-0.4, -0.2) is 29.6 Å². The van der Waals surface area contributed by atoms with E-state index in [-0.39, 0.29) is 12.1 Å². The fourth-order valence-electron chi connectivity index (χ4n) is 0.706. The van der Waals surface area contributed by atoms with Crippen LogP contribution in [-0.2, 0) is 4.74 Å². The minimum absolute atomic E-state index is 0.116. The number of ether oxygens (including phenoxy) is 1. The van der Waals surface area contributed by atoms with Gasteiger partial charge < -0.3 is 10.5 Å². The summed E-state index contributed by atoms with van der Waals surface area (Å²) in [6.07, 6.45) is 2.29. The Morgan fingerprint density at radius 3 is 2.89 bits per heavy atom. The van der Waals surface area contributed by atoms with Gasteiger partial charge in [0.2, 0.25) is 0 Å². The van der Waals surface area contributed by atoms with E-state index in [0.29, 0.717) is 11.2 Å². The molecule has 1 fully saturated rings. The molecule has 1 rings (SSSR count). The molecule has 1 aliphatic heterocycles. The van der Waals surface area contributed by atoms with Crippen LogP contribution in [0, 0.1) is 0 Å². The van der Waals surface area contributed by atoms with E-state index in [2.05, 4.69) is 12.6 Å². The molecule has 2 nitrogen and oxygen atoms in total. The lowest BCUT2D eigenvalue weighted by Gasteiger charge is -2.00. The van der Waals surface area contributed by atoms with Crippen LogP contribution >= 0.6 is 24.4 Å². The van der Waals surface area contributed by atoms with Crippen molar-refractivity contribution in [3.63, 3.8) is 0 Å². The van der Waals surface area contributed by atoms with Crippen molar-refractivity contribution < 1.29 is 4.74 Å². The first kappa shape index (κ1) is 7.72. The Morgan fingerprint density at radius 2 is 2.56 bits per heavy atom. The molecule has 0 spiro atoms. The number of thiol groups is 1. The fraction of sp³-hybridized carbons (Fsp3) is 1.00. The number of thioether (sulfide) groups is 1. The first-order chi connectivity index (χ1) is 4.29. The molecule has 4 heteroatoms. The molecule has 0 aliphatic carbocycles. The molecule has 0 aromatic carbocycles. The van der Waals surface area contributed by atoms with E-state index in [0.717, 1.165) is 0 Å². The van der Waals surface area contributed by atoms with Crippen molar-refractivity contribution >= 4 is 24.4 Å². The van der Waals surface area contributed by atoms with Gasteiger partial charge in [0.1, 0.15) is 11.5 Å². The predicted octanol–water partition coefficient (Wildman–Crippen LogP) is 0.331. The summed E-state index contributed by atoms with van der Waals surface area (Å²) in [5, 5.41) is 0. The molecule has 1 aliphatic rings. The van der Waals surface area contributed by atoms with E-state index < -0.39 is 0 Å². The van der Waals surface area contributed by atoms with Gasteiger partial charge in [0.15, 0.2) is 0 Å². The highest BCUT2D eigenvalue weighted by molar-refractivity contribution is 7.99. The summed E-state index contributed by atoms with van der Waals surface area (Å²) in [5.74, 6) is 0.710. The lowest BCUT2D eigenvalue weighted by molar-refractivity contribution is 0.377. The Bertz CT molecular complexity index is 101. The summed E-state index contributed by atoms with van der Waals surface area (Å²) in [7, 11) is 0. The molecule has 3 atom stereocenters. The van der Waals surface area contributed by atoms with E-state index >= 15 is 0 Å². The Hall–Kier alpha value is 0.620. The molecule has 0 saturated carbocycles. The van der Waals surface area contributed by atoms with Gasteiger partial charge >= 0.3 is 0 Å². The molecule has 9 heavy (non-hydrogen) atoms. The zero-order chi connectivity index (χ0) is 6.85. The third kappa shape index (κ3) is 1.77. The minimum atomic E-state index is 0.116. The van der Waals surface area contributed by atoms with Crippen molar-refractivity contribution in [1.82, 2.24) is 0 Å².